The molecule has 0 saturated heterocycles. The number of aromatic nitrogens is 1. The normalized spacial score (nSPS) is 16.8. The summed E-state index contributed by atoms with van der Waals surface area (Å²) in [5, 5.41) is 1.94. The van der Waals surface area contributed by atoms with E-state index in [2.05, 4.69) is 0 Å². The molecule has 0 aliphatic carbocycles. The molecule has 1 aromatic heterocycles. The molecule has 0 fully saturated rings. The SMILES string of the molecule is CC(=O)c1cn2c(c(OCc3ccccc3)c1=O)C(=O)N(C(C)C(F)(F)F)CN2[C@@H]1c2ccccc2SCc2cccc(Cl)c21. The van der Waals surface area contributed by atoms with Crippen LogP contribution in [-0.2, 0) is 12.4 Å². The van der Waals surface area contributed by atoms with Crippen molar-refractivity contribution in [2.45, 2.75) is 49.4 Å². The fourth-order valence-corrected chi connectivity index (χ4v) is 7.05. The Morgan fingerprint density at radius 3 is 2.47 bits per heavy atom. The monoisotopic (exact) mass is 653 g/mol. The third-order valence-electron chi connectivity index (χ3n) is 8.04. The number of halogens is 4. The maximum Gasteiger partial charge on any atom is 0.408 e. The second-order valence-electron chi connectivity index (χ2n) is 10.8. The van der Waals surface area contributed by atoms with Crippen molar-refractivity contribution in [3.63, 3.8) is 0 Å². The van der Waals surface area contributed by atoms with Gasteiger partial charge in [-0.15, -0.1) is 11.8 Å². The molecule has 4 aromatic rings. The first-order chi connectivity index (χ1) is 21.5. The third-order valence-corrected chi connectivity index (χ3v) is 9.51. The van der Waals surface area contributed by atoms with E-state index in [-0.39, 0.29) is 12.2 Å². The molecule has 0 spiro atoms. The van der Waals surface area contributed by atoms with Gasteiger partial charge in [0.2, 0.25) is 5.43 Å². The van der Waals surface area contributed by atoms with Gasteiger partial charge in [-0.05, 0) is 42.7 Å². The zero-order valence-electron chi connectivity index (χ0n) is 24.2. The number of Topliss-reactive ketones (excluding diaryl/α,β-unsaturated/α-hetero) is 1. The number of thioether (sulfide) groups is 1. The third kappa shape index (κ3) is 5.59. The Labute approximate surface area is 266 Å². The number of ketones is 1. The highest BCUT2D eigenvalue weighted by molar-refractivity contribution is 7.98. The molecule has 12 heteroatoms. The Balaban J connectivity index is 1.65. The van der Waals surface area contributed by atoms with Crippen molar-refractivity contribution in [2.24, 2.45) is 0 Å². The number of carbonyl (C=O) groups excluding carboxylic acids is 2. The molecule has 1 unspecified atom stereocenters. The minimum Gasteiger partial charge on any atom is -0.482 e. The number of alkyl halides is 3. The van der Waals surface area contributed by atoms with Gasteiger partial charge >= 0.3 is 6.18 Å². The Kier molecular flexibility index (Phi) is 8.17. The van der Waals surface area contributed by atoms with Crippen LogP contribution >= 0.6 is 23.4 Å². The highest BCUT2D eigenvalue weighted by Crippen LogP contribution is 2.46. The smallest absolute Gasteiger partial charge is 0.408 e. The molecule has 3 aromatic carbocycles. The number of ether oxygens (including phenoxy) is 1. The molecule has 2 aliphatic rings. The Morgan fingerprint density at radius 1 is 1.04 bits per heavy atom. The van der Waals surface area contributed by atoms with E-state index in [1.807, 2.05) is 30.3 Å². The Hall–Kier alpha value is -4.22. The zero-order chi connectivity index (χ0) is 32.0. The predicted octanol–water partition coefficient (Wildman–Crippen LogP) is 6.98. The average Bonchev–Trinajstić information content (AvgIpc) is 3.18. The second-order valence-corrected chi connectivity index (χ2v) is 12.3. The van der Waals surface area contributed by atoms with Crippen molar-refractivity contribution in [3.8, 4) is 5.75 Å². The van der Waals surface area contributed by atoms with Gasteiger partial charge in [0, 0.05) is 27.4 Å². The first-order valence-corrected chi connectivity index (χ1v) is 15.4. The first-order valence-electron chi connectivity index (χ1n) is 14.1. The summed E-state index contributed by atoms with van der Waals surface area (Å²) in [5.41, 5.74) is 1.33. The fraction of sp³-hybridized carbons (Fsp3) is 0.242. The summed E-state index contributed by atoms with van der Waals surface area (Å²) in [6, 6.07) is 18.7. The zero-order valence-corrected chi connectivity index (χ0v) is 25.7. The van der Waals surface area contributed by atoms with E-state index in [0.717, 1.165) is 22.9 Å². The molecule has 7 nitrogen and oxygen atoms in total. The number of carbonyl (C=O) groups is 2. The largest absolute Gasteiger partial charge is 0.482 e. The summed E-state index contributed by atoms with van der Waals surface area (Å²) in [6.07, 6.45) is -3.55. The molecular weight excluding hydrogens is 627 g/mol. The fourth-order valence-electron chi connectivity index (χ4n) is 5.67. The molecule has 0 N–H and O–H groups in total. The van der Waals surface area contributed by atoms with Gasteiger partial charge in [0.1, 0.15) is 25.4 Å². The van der Waals surface area contributed by atoms with Gasteiger partial charge in [-0.2, -0.15) is 13.2 Å². The molecule has 0 saturated carbocycles. The lowest BCUT2D eigenvalue weighted by atomic mass is 9.94. The second kappa shape index (κ2) is 11.9. The van der Waals surface area contributed by atoms with E-state index in [4.69, 9.17) is 16.3 Å². The Bertz CT molecular complexity index is 1860. The molecule has 0 bridgehead atoms. The summed E-state index contributed by atoms with van der Waals surface area (Å²) in [5.74, 6) is -1.60. The lowest BCUT2D eigenvalue weighted by Gasteiger charge is -2.46. The molecule has 1 amide bonds. The van der Waals surface area contributed by atoms with Crippen molar-refractivity contribution in [3.05, 3.63) is 128 Å². The molecule has 232 valence electrons. The van der Waals surface area contributed by atoms with E-state index in [1.165, 1.54) is 17.8 Å². The quantitative estimate of drug-likeness (QED) is 0.209. The van der Waals surface area contributed by atoms with Gasteiger partial charge in [0.25, 0.3) is 5.91 Å². The van der Waals surface area contributed by atoms with Crippen molar-refractivity contribution in [2.75, 3.05) is 11.7 Å². The van der Waals surface area contributed by atoms with Gasteiger partial charge in [-0.25, -0.2) is 0 Å². The number of amides is 1. The van der Waals surface area contributed by atoms with Crippen LogP contribution in [-0.4, -0.2) is 40.2 Å². The van der Waals surface area contributed by atoms with Crippen LogP contribution in [0.25, 0.3) is 0 Å². The van der Waals surface area contributed by atoms with Crippen LogP contribution in [0.15, 0.2) is 88.7 Å². The lowest BCUT2D eigenvalue weighted by Crippen LogP contribution is -2.60. The van der Waals surface area contributed by atoms with Crippen molar-refractivity contribution in [1.82, 2.24) is 9.58 Å². The molecule has 45 heavy (non-hydrogen) atoms. The minimum absolute atomic E-state index is 0.163. The summed E-state index contributed by atoms with van der Waals surface area (Å²) in [4.78, 5) is 42.1. The van der Waals surface area contributed by atoms with E-state index < -0.39 is 53.5 Å². The molecule has 2 atom stereocenters. The molecule has 3 heterocycles. The van der Waals surface area contributed by atoms with Gasteiger partial charge < -0.3 is 9.64 Å². The number of hydrogen-bond donors (Lipinski definition) is 0. The van der Waals surface area contributed by atoms with Gasteiger partial charge in [0.05, 0.1) is 5.56 Å². The van der Waals surface area contributed by atoms with E-state index >= 15 is 0 Å². The van der Waals surface area contributed by atoms with Crippen LogP contribution in [0, 0.1) is 0 Å². The van der Waals surface area contributed by atoms with Crippen molar-refractivity contribution >= 4 is 35.1 Å². The van der Waals surface area contributed by atoms with Crippen LogP contribution in [0.2, 0.25) is 5.02 Å². The topological polar surface area (TPSA) is 71.8 Å². The van der Waals surface area contributed by atoms with Crippen LogP contribution < -0.4 is 15.2 Å². The van der Waals surface area contributed by atoms with Gasteiger partial charge in [-0.3, -0.25) is 24.1 Å². The van der Waals surface area contributed by atoms with Crippen molar-refractivity contribution in [1.29, 1.82) is 0 Å². The van der Waals surface area contributed by atoms with E-state index in [0.29, 0.717) is 26.8 Å². The molecule has 6 rings (SSSR count). The van der Waals surface area contributed by atoms with Gasteiger partial charge in [0.15, 0.2) is 17.2 Å². The van der Waals surface area contributed by atoms with Gasteiger partial charge in [-0.1, -0.05) is 72.3 Å². The van der Waals surface area contributed by atoms with E-state index in [9.17, 15) is 27.6 Å². The standard InChI is InChI=1S/C33H27ClF3N3O4S/c1-19(41)24-15-39-29(31(30(24)42)44-16-21-9-4-3-5-10-21)32(43)38(20(2)33(35,36)37)18-40(39)28-23-12-6-7-14-26(23)45-17-22-11-8-13-25(34)27(22)28/h3-15,20,28H,16-18H2,1-2H3/t20?,28-/m1/s1. The van der Waals surface area contributed by atoms with Crippen molar-refractivity contribution < 1.29 is 27.5 Å². The summed E-state index contributed by atoms with van der Waals surface area (Å²) >= 11 is 8.40. The van der Waals surface area contributed by atoms with Crippen LogP contribution in [0.1, 0.15) is 63.0 Å². The predicted molar refractivity (Wildman–Crippen MR) is 166 cm³/mol. The number of benzene rings is 3. The first kappa shape index (κ1) is 30.8. The number of rotatable bonds is 6. The van der Waals surface area contributed by atoms with E-state index in [1.54, 1.807) is 59.2 Å². The van der Waals surface area contributed by atoms with Crippen LogP contribution in [0.3, 0.4) is 0 Å². The summed E-state index contributed by atoms with van der Waals surface area (Å²) < 4.78 is 50.2. The lowest BCUT2D eigenvalue weighted by molar-refractivity contribution is -0.173. The molecule has 2 aliphatic heterocycles. The highest BCUT2D eigenvalue weighted by atomic mass is 35.5. The minimum atomic E-state index is -4.78. The Morgan fingerprint density at radius 2 is 1.76 bits per heavy atom. The maximum absolute atomic E-state index is 14.3. The summed E-state index contributed by atoms with van der Waals surface area (Å²) in [7, 11) is 0. The number of nitrogens with zero attached hydrogens (tertiary/aromatic N) is 3. The number of hydrogen-bond acceptors (Lipinski definition) is 6. The molecule has 0 radical (unpaired) electrons. The maximum atomic E-state index is 14.3. The average molecular weight is 654 g/mol. The number of fused-ring (bicyclic) bond motifs is 3. The van der Waals surface area contributed by atoms with Crippen LogP contribution in [0.4, 0.5) is 13.2 Å². The highest BCUT2D eigenvalue weighted by Gasteiger charge is 2.48. The van der Waals surface area contributed by atoms with Crippen LogP contribution in [0.5, 0.6) is 5.75 Å². The summed E-state index contributed by atoms with van der Waals surface area (Å²) in [6.45, 7) is 1.42. The number of pyridine rings is 1. The molecular formula is C33H27ClF3N3O4S.